The molecule has 2 saturated heterocycles. The predicted octanol–water partition coefficient (Wildman–Crippen LogP) is 6.07. The van der Waals surface area contributed by atoms with Gasteiger partial charge < -0.3 is 9.84 Å². The Balaban J connectivity index is 1.20. The van der Waals surface area contributed by atoms with Gasteiger partial charge in [-0.3, -0.25) is 28.9 Å². The Morgan fingerprint density at radius 3 is 2.06 bits per heavy atom. The third-order valence-electron chi connectivity index (χ3n) is 11.3. The first-order valence-corrected chi connectivity index (χ1v) is 16.7. The molecule has 1 saturated carbocycles. The topological polar surface area (TPSA) is 121 Å². The summed E-state index contributed by atoms with van der Waals surface area (Å²) in [6.07, 6.45) is 2.37. The van der Waals surface area contributed by atoms with Gasteiger partial charge in [-0.1, -0.05) is 66.2 Å². The Hall–Kier alpha value is -5.83. The van der Waals surface area contributed by atoms with Crippen molar-refractivity contribution in [3.05, 3.63) is 131 Å². The third-order valence-corrected chi connectivity index (χ3v) is 11.3. The lowest BCUT2D eigenvalue weighted by Crippen LogP contribution is -2.49. The van der Waals surface area contributed by atoms with E-state index in [-0.39, 0.29) is 42.1 Å². The molecule has 4 amide bonds. The van der Waals surface area contributed by atoms with Crippen molar-refractivity contribution < 1.29 is 33.8 Å². The minimum Gasteiger partial charge on any atom is -0.508 e. The highest BCUT2D eigenvalue weighted by Gasteiger charge is 2.68. The van der Waals surface area contributed by atoms with Gasteiger partial charge >= 0.3 is 0 Å². The molecule has 0 radical (unpaired) electrons. The van der Waals surface area contributed by atoms with Gasteiger partial charge in [0.2, 0.25) is 23.6 Å². The quantitative estimate of drug-likeness (QED) is 0.151. The first-order valence-electron chi connectivity index (χ1n) is 16.7. The Bertz CT molecular complexity index is 2110. The molecule has 0 bridgehead atoms. The first-order chi connectivity index (χ1) is 24.2. The highest BCUT2D eigenvalue weighted by molar-refractivity contribution is 6.25. The summed E-state index contributed by atoms with van der Waals surface area (Å²) in [6.45, 7) is 1.77. The lowest BCUT2D eigenvalue weighted by molar-refractivity contribution is -0.131. The van der Waals surface area contributed by atoms with Gasteiger partial charge in [0.25, 0.3) is 0 Å². The molecule has 8 rings (SSSR count). The van der Waals surface area contributed by atoms with Crippen LogP contribution in [0.15, 0.2) is 115 Å². The number of anilines is 2. The molecule has 0 spiro atoms. The van der Waals surface area contributed by atoms with Crippen molar-refractivity contribution in [3.63, 3.8) is 0 Å². The number of carbonyl (C=O) groups excluding carboxylic acids is 5. The van der Waals surface area contributed by atoms with E-state index in [1.54, 1.807) is 91.9 Å². The molecular formula is C41H34N2O7. The minimum absolute atomic E-state index is 0.0861. The first kappa shape index (κ1) is 31.4. The molecule has 4 aliphatic rings. The number of aromatic hydroxyl groups is 1. The highest BCUT2D eigenvalue weighted by Crippen LogP contribution is 2.65. The van der Waals surface area contributed by atoms with Crippen molar-refractivity contribution >= 4 is 40.8 Å². The molecule has 2 aliphatic heterocycles. The molecule has 2 aliphatic carbocycles. The average molecular weight is 667 g/mol. The maximum Gasteiger partial charge on any atom is 0.241 e. The molecule has 6 unspecified atom stereocenters. The number of nitrogens with zero attached hydrogens (tertiary/aromatic N) is 2. The fourth-order valence-electron chi connectivity index (χ4n) is 8.92. The van der Waals surface area contributed by atoms with E-state index in [1.165, 1.54) is 23.0 Å². The summed E-state index contributed by atoms with van der Waals surface area (Å²) in [4.78, 5) is 72.9. The fourth-order valence-corrected chi connectivity index (χ4v) is 8.92. The van der Waals surface area contributed by atoms with Crippen molar-refractivity contribution in [3.8, 4) is 11.5 Å². The van der Waals surface area contributed by atoms with Crippen LogP contribution in [0.2, 0.25) is 0 Å². The van der Waals surface area contributed by atoms with E-state index in [9.17, 15) is 29.1 Å². The molecule has 0 aromatic heterocycles. The second kappa shape index (κ2) is 11.7. The van der Waals surface area contributed by atoms with Gasteiger partial charge in [0.05, 0.1) is 41.7 Å². The number of phenolic OH excluding ortho intramolecular Hbond substituents is 1. The maximum absolute atomic E-state index is 14.6. The molecule has 3 fully saturated rings. The van der Waals surface area contributed by atoms with Gasteiger partial charge in [-0.05, 0) is 74.2 Å². The number of fused-ring (bicyclic) bond motifs is 4. The van der Waals surface area contributed by atoms with Crippen molar-refractivity contribution in [2.45, 2.75) is 25.7 Å². The van der Waals surface area contributed by atoms with E-state index in [2.05, 4.69) is 0 Å². The normalized spacial score (nSPS) is 27.1. The number of methoxy groups -OCH3 is 1. The summed E-state index contributed by atoms with van der Waals surface area (Å²) in [6, 6.07) is 29.0. The van der Waals surface area contributed by atoms with Crippen LogP contribution in [0.3, 0.4) is 0 Å². The summed E-state index contributed by atoms with van der Waals surface area (Å²) < 4.78 is 5.73. The Labute approximate surface area is 288 Å². The zero-order valence-electron chi connectivity index (χ0n) is 27.5. The second-order valence-corrected chi connectivity index (χ2v) is 13.6. The lowest BCUT2D eigenvalue weighted by atomic mass is 9.51. The van der Waals surface area contributed by atoms with Crippen LogP contribution >= 0.6 is 0 Å². The number of rotatable bonds is 6. The Morgan fingerprint density at radius 1 is 0.740 bits per heavy atom. The second-order valence-electron chi connectivity index (χ2n) is 13.6. The van der Waals surface area contributed by atoms with Crippen LogP contribution in [0.5, 0.6) is 11.5 Å². The van der Waals surface area contributed by atoms with Crippen LogP contribution in [0.1, 0.15) is 47.2 Å². The summed E-state index contributed by atoms with van der Waals surface area (Å²) in [5.41, 5.74) is 1.57. The van der Waals surface area contributed by atoms with Crippen LogP contribution < -0.4 is 14.5 Å². The standard InChI is InChI=1S/C41H34N2O7/c1-41-30(38(47)43(40(41)49)25-12-7-4-8-13-25)22-29-27(35(41)34-31(44)14-9-15-32(34)50-2)20-21-28-33(29)39(48)42(37(28)46)26-18-16-24(17-19-26)36(45)23-10-5-3-6-11-23/h3-20,28-30,33,35,44H,21-22H2,1-2H3. The van der Waals surface area contributed by atoms with Crippen LogP contribution in [-0.4, -0.2) is 41.6 Å². The summed E-state index contributed by atoms with van der Waals surface area (Å²) >= 11 is 0. The molecule has 2 heterocycles. The van der Waals surface area contributed by atoms with E-state index in [4.69, 9.17) is 4.74 Å². The largest absolute Gasteiger partial charge is 0.508 e. The van der Waals surface area contributed by atoms with E-state index in [0.29, 0.717) is 33.8 Å². The zero-order valence-corrected chi connectivity index (χ0v) is 27.5. The number of amides is 4. The van der Waals surface area contributed by atoms with Crippen LogP contribution in [0.25, 0.3) is 0 Å². The minimum atomic E-state index is -1.32. The zero-order chi connectivity index (χ0) is 34.9. The van der Waals surface area contributed by atoms with Crippen molar-refractivity contribution in [1.29, 1.82) is 0 Å². The number of benzene rings is 4. The smallest absolute Gasteiger partial charge is 0.241 e. The molecular weight excluding hydrogens is 632 g/mol. The van der Waals surface area contributed by atoms with Gasteiger partial charge in [-0.15, -0.1) is 0 Å². The lowest BCUT2D eigenvalue weighted by Gasteiger charge is -2.49. The van der Waals surface area contributed by atoms with Crippen LogP contribution in [0.4, 0.5) is 11.4 Å². The maximum atomic E-state index is 14.6. The third kappa shape index (κ3) is 4.42. The number of hydrogen-bond donors (Lipinski definition) is 1. The van der Waals surface area contributed by atoms with E-state index < -0.39 is 40.9 Å². The summed E-state index contributed by atoms with van der Waals surface area (Å²) in [7, 11) is 1.48. The number of ketones is 1. The van der Waals surface area contributed by atoms with Crippen molar-refractivity contribution in [2.75, 3.05) is 16.9 Å². The molecule has 6 atom stereocenters. The summed E-state index contributed by atoms with van der Waals surface area (Å²) in [5.74, 6) is -5.07. The Morgan fingerprint density at radius 2 is 1.38 bits per heavy atom. The van der Waals surface area contributed by atoms with Gasteiger partial charge in [0, 0.05) is 22.6 Å². The molecule has 50 heavy (non-hydrogen) atoms. The average Bonchev–Trinajstić information content (AvgIpc) is 3.51. The molecule has 1 N–H and O–H groups in total. The SMILES string of the molecule is COc1cccc(O)c1C1C2=CCC3C(=O)N(c4ccc(C(=O)c5ccccc5)cc4)C(=O)C3C2CC2C(=O)N(c3ccccc3)C(=O)C21C. The fraction of sp³-hybridized carbons (Fsp3) is 0.244. The number of hydrogen-bond acceptors (Lipinski definition) is 7. The molecule has 250 valence electrons. The van der Waals surface area contributed by atoms with Gasteiger partial charge in [-0.25, -0.2) is 4.90 Å². The number of ether oxygens (including phenoxy) is 1. The summed E-state index contributed by atoms with van der Waals surface area (Å²) in [5, 5.41) is 11.4. The highest BCUT2D eigenvalue weighted by atomic mass is 16.5. The number of para-hydroxylation sites is 1. The number of phenols is 1. The molecule has 4 aromatic carbocycles. The number of allylic oxidation sites excluding steroid dienone is 2. The van der Waals surface area contributed by atoms with Crippen LogP contribution in [0, 0.1) is 29.1 Å². The monoisotopic (exact) mass is 666 g/mol. The molecule has 9 heteroatoms. The Kier molecular flexibility index (Phi) is 7.33. The van der Waals surface area contributed by atoms with Gasteiger partial charge in [0.1, 0.15) is 11.5 Å². The van der Waals surface area contributed by atoms with E-state index in [1.807, 2.05) is 18.2 Å². The molecule has 4 aromatic rings. The number of imide groups is 2. The van der Waals surface area contributed by atoms with Crippen LogP contribution in [-0.2, 0) is 19.2 Å². The van der Waals surface area contributed by atoms with Gasteiger partial charge in [-0.2, -0.15) is 0 Å². The van der Waals surface area contributed by atoms with E-state index >= 15 is 0 Å². The van der Waals surface area contributed by atoms with Gasteiger partial charge in [0.15, 0.2) is 5.78 Å². The predicted molar refractivity (Wildman–Crippen MR) is 185 cm³/mol. The van der Waals surface area contributed by atoms with Crippen molar-refractivity contribution in [1.82, 2.24) is 0 Å². The number of carbonyl (C=O) groups is 5. The molecule has 9 nitrogen and oxygen atoms in total. The van der Waals surface area contributed by atoms with E-state index in [0.717, 1.165) is 5.57 Å². The van der Waals surface area contributed by atoms with Crippen molar-refractivity contribution in [2.24, 2.45) is 29.1 Å².